The van der Waals surface area contributed by atoms with Gasteiger partial charge in [-0.25, -0.2) is 0 Å². The lowest BCUT2D eigenvalue weighted by atomic mass is 9.85. The normalized spacial score (nSPS) is 18.6. The number of para-hydroxylation sites is 1. The van der Waals surface area contributed by atoms with E-state index in [1.54, 1.807) is 18.2 Å². The Kier molecular flexibility index (Phi) is 8.03. The fourth-order valence-corrected chi connectivity index (χ4v) is 3.47. The molecule has 0 spiro atoms. The molecule has 1 fully saturated rings. The van der Waals surface area contributed by atoms with Gasteiger partial charge in [0.05, 0.1) is 11.3 Å². The number of carbonyl (C=O) groups excluding carboxylic acids is 2. The lowest BCUT2D eigenvalue weighted by molar-refractivity contribution is -0.120. The van der Waals surface area contributed by atoms with Crippen LogP contribution < -0.4 is 16.4 Å². The maximum atomic E-state index is 12.6. The van der Waals surface area contributed by atoms with Gasteiger partial charge in [0.2, 0.25) is 5.91 Å². The van der Waals surface area contributed by atoms with Crippen molar-refractivity contribution in [2.45, 2.75) is 45.2 Å². The van der Waals surface area contributed by atoms with Crippen molar-refractivity contribution in [3.8, 4) is 0 Å². The molecular formula is C22H28ClN3O2. The lowest BCUT2D eigenvalue weighted by Crippen LogP contribution is -2.34. The third-order valence-electron chi connectivity index (χ3n) is 5.09. The van der Waals surface area contributed by atoms with Crippen LogP contribution >= 0.6 is 12.4 Å². The van der Waals surface area contributed by atoms with Crippen molar-refractivity contribution in [1.29, 1.82) is 0 Å². The van der Waals surface area contributed by atoms with E-state index >= 15 is 0 Å². The minimum absolute atomic E-state index is 0. The quantitative estimate of drug-likeness (QED) is 0.712. The SMILES string of the molecule is Cc1ccc(CNC(=O)c2ccccc2NC(=O)C2CCCC(N)C2)cc1.Cl. The molecular weight excluding hydrogens is 374 g/mol. The fraction of sp³-hybridized carbons (Fsp3) is 0.364. The number of nitrogens with one attached hydrogen (secondary N) is 2. The monoisotopic (exact) mass is 401 g/mol. The molecule has 0 aliphatic heterocycles. The first-order valence-corrected chi connectivity index (χ1v) is 9.52. The van der Waals surface area contributed by atoms with Crippen LogP contribution in [0.1, 0.15) is 47.2 Å². The molecule has 5 nitrogen and oxygen atoms in total. The summed E-state index contributed by atoms with van der Waals surface area (Å²) in [6.45, 7) is 2.47. The van der Waals surface area contributed by atoms with Crippen molar-refractivity contribution in [2.75, 3.05) is 5.32 Å². The molecule has 28 heavy (non-hydrogen) atoms. The first-order chi connectivity index (χ1) is 13.0. The van der Waals surface area contributed by atoms with E-state index in [4.69, 9.17) is 5.73 Å². The van der Waals surface area contributed by atoms with E-state index in [0.717, 1.165) is 24.8 Å². The molecule has 2 unspecified atom stereocenters. The number of anilines is 1. The Morgan fingerprint density at radius 2 is 1.79 bits per heavy atom. The predicted molar refractivity (Wildman–Crippen MR) is 115 cm³/mol. The van der Waals surface area contributed by atoms with Crippen LogP contribution in [-0.4, -0.2) is 17.9 Å². The Bertz CT molecular complexity index is 808. The maximum Gasteiger partial charge on any atom is 0.253 e. The van der Waals surface area contributed by atoms with E-state index in [1.807, 2.05) is 37.3 Å². The van der Waals surface area contributed by atoms with E-state index in [-0.39, 0.29) is 36.2 Å². The van der Waals surface area contributed by atoms with Crippen molar-refractivity contribution in [3.05, 3.63) is 65.2 Å². The number of halogens is 1. The highest BCUT2D eigenvalue weighted by Crippen LogP contribution is 2.25. The Hall–Kier alpha value is -2.37. The molecule has 0 aromatic heterocycles. The Morgan fingerprint density at radius 3 is 2.50 bits per heavy atom. The summed E-state index contributed by atoms with van der Waals surface area (Å²) in [5.41, 5.74) is 9.22. The van der Waals surface area contributed by atoms with Crippen LogP contribution in [0.4, 0.5) is 5.69 Å². The smallest absolute Gasteiger partial charge is 0.253 e. The van der Waals surface area contributed by atoms with E-state index in [9.17, 15) is 9.59 Å². The number of nitrogens with two attached hydrogens (primary N) is 1. The molecule has 2 aromatic carbocycles. The summed E-state index contributed by atoms with van der Waals surface area (Å²) < 4.78 is 0. The number of hydrogen-bond acceptors (Lipinski definition) is 3. The van der Waals surface area contributed by atoms with Gasteiger partial charge in [-0.15, -0.1) is 12.4 Å². The molecule has 1 aliphatic carbocycles. The van der Waals surface area contributed by atoms with Gasteiger partial charge in [0, 0.05) is 18.5 Å². The summed E-state index contributed by atoms with van der Waals surface area (Å²) >= 11 is 0. The third kappa shape index (κ3) is 5.81. The van der Waals surface area contributed by atoms with Crippen molar-refractivity contribution in [1.82, 2.24) is 5.32 Å². The van der Waals surface area contributed by atoms with Crippen LogP contribution in [0.3, 0.4) is 0 Å². The second-order valence-electron chi connectivity index (χ2n) is 7.33. The summed E-state index contributed by atoms with van der Waals surface area (Å²) in [6.07, 6.45) is 3.49. The van der Waals surface area contributed by atoms with Gasteiger partial charge in [-0.2, -0.15) is 0 Å². The minimum Gasteiger partial charge on any atom is -0.348 e. The molecule has 2 amide bonds. The van der Waals surface area contributed by atoms with Gasteiger partial charge < -0.3 is 16.4 Å². The van der Waals surface area contributed by atoms with Gasteiger partial charge in [-0.1, -0.05) is 48.4 Å². The first-order valence-electron chi connectivity index (χ1n) is 9.52. The number of carbonyl (C=O) groups is 2. The third-order valence-corrected chi connectivity index (χ3v) is 5.09. The van der Waals surface area contributed by atoms with Crippen LogP contribution in [0.2, 0.25) is 0 Å². The Labute approximate surface area is 172 Å². The van der Waals surface area contributed by atoms with Gasteiger partial charge in [-0.3, -0.25) is 9.59 Å². The van der Waals surface area contributed by atoms with Crippen molar-refractivity contribution in [3.63, 3.8) is 0 Å². The number of benzene rings is 2. The average Bonchev–Trinajstić information content (AvgIpc) is 2.67. The molecule has 1 aliphatic rings. The van der Waals surface area contributed by atoms with Crippen LogP contribution in [-0.2, 0) is 11.3 Å². The molecule has 2 aromatic rings. The van der Waals surface area contributed by atoms with Gasteiger partial charge in [0.1, 0.15) is 0 Å². The summed E-state index contributed by atoms with van der Waals surface area (Å²) in [7, 11) is 0. The molecule has 6 heteroatoms. The summed E-state index contributed by atoms with van der Waals surface area (Å²) in [5, 5.41) is 5.86. The van der Waals surface area contributed by atoms with E-state index in [0.29, 0.717) is 24.2 Å². The zero-order chi connectivity index (χ0) is 19.2. The van der Waals surface area contributed by atoms with Crippen molar-refractivity contribution in [2.24, 2.45) is 11.7 Å². The van der Waals surface area contributed by atoms with Gasteiger partial charge in [-0.05, 0) is 43.9 Å². The molecule has 2 atom stereocenters. The summed E-state index contributed by atoms with van der Waals surface area (Å²) in [4.78, 5) is 25.2. The van der Waals surface area contributed by atoms with E-state index in [2.05, 4.69) is 10.6 Å². The molecule has 0 heterocycles. The zero-order valence-electron chi connectivity index (χ0n) is 16.1. The second-order valence-corrected chi connectivity index (χ2v) is 7.33. The highest BCUT2D eigenvalue weighted by Gasteiger charge is 2.26. The molecule has 0 radical (unpaired) electrons. The van der Waals surface area contributed by atoms with Gasteiger partial charge in [0.25, 0.3) is 5.91 Å². The molecule has 1 saturated carbocycles. The minimum atomic E-state index is -0.202. The zero-order valence-corrected chi connectivity index (χ0v) is 16.9. The largest absolute Gasteiger partial charge is 0.348 e. The molecule has 0 bridgehead atoms. The van der Waals surface area contributed by atoms with Crippen LogP contribution in [0.5, 0.6) is 0 Å². The van der Waals surface area contributed by atoms with Crippen molar-refractivity contribution < 1.29 is 9.59 Å². The van der Waals surface area contributed by atoms with Crippen LogP contribution in [0, 0.1) is 12.8 Å². The van der Waals surface area contributed by atoms with E-state index < -0.39 is 0 Å². The van der Waals surface area contributed by atoms with Crippen molar-refractivity contribution >= 4 is 29.9 Å². The molecule has 0 saturated heterocycles. The number of rotatable bonds is 5. The average molecular weight is 402 g/mol. The van der Waals surface area contributed by atoms with Gasteiger partial charge in [0.15, 0.2) is 0 Å². The molecule has 150 valence electrons. The molecule has 3 rings (SSSR count). The first kappa shape index (κ1) is 21.9. The van der Waals surface area contributed by atoms with E-state index in [1.165, 1.54) is 5.56 Å². The maximum absolute atomic E-state index is 12.6. The number of hydrogen-bond donors (Lipinski definition) is 3. The van der Waals surface area contributed by atoms with Crippen LogP contribution in [0.15, 0.2) is 48.5 Å². The Balaban J connectivity index is 0.00000280. The lowest BCUT2D eigenvalue weighted by Gasteiger charge is -2.26. The highest BCUT2D eigenvalue weighted by molar-refractivity contribution is 6.04. The summed E-state index contributed by atoms with van der Waals surface area (Å²) in [5.74, 6) is -0.340. The topological polar surface area (TPSA) is 84.2 Å². The fourth-order valence-electron chi connectivity index (χ4n) is 3.47. The van der Waals surface area contributed by atoms with Gasteiger partial charge >= 0.3 is 0 Å². The Morgan fingerprint density at radius 1 is 1.07 bits per heavy atom. The molecule has 4 N–H and O–H groups in total. The second kappa shape index (κ2) is 10.2. The standard InChI is InChI=1S/C22H27N3O2.ClH/c1-15-9-11-16(12-10-15)14-24-22(27)19-7-2-3-8-20(19)25-21(26)17-5-4-6-18(23)13-17;/h2-3,7-12,17-18H,4-6,13-14,23H2,1H3,(H,24,27)(H,25,26);1H. The predicted octanol–water partition coefficient (Wildman–Crippen LogP) is 3.80. The summed E-state index contributed by atoms with van der Waals surface area (Å²) in [6, 6.07) is 15.2. The van der Waals surface area contributed by atoms with Crippen LogP contribution in [0.25, 0.3) is 0 Å². The number of amides is 2. The highest BCUT2D eigenvalue weighted by atomic mass is 35.5. The number of aryl methyl sites for hydroxylation is 1.